The Morgan fingerprint density at radius 1 is 0.972 bits per heavy atom. The van der Waals surface area contributed by atoms with Gasteiger partial charge in [-0.1, -0.05) is 32.4 Å². The lowest BCUT2D eigenvalue weighted by molar-refractivity contribution is -0.158. The molecule has 0 saturated carbocycles. The molecule has 0 aromatic heterocycles. The number of hydrogen-bond acceptors (Lipinski definition) is 7. The molecule has 2 aromatic carbocycles. The Bertz CT molecular complexity index is 1110. The second kappa shape index (κ2) is 10.9. The van der Waals surface area contributed by atoms with E-state index < -0.39 is 35.8 Å². The van der Waals surface area contributed by atoms with Crippen LogP contribution in [0, 0.1) is 5.92 Å². The molecule has 2 aliphatic heterocycles. The minimum absolute atomic E-state index is 0.259. The van der Waals surface area contributed by atoms with Crippen LogP contribution >= 0.6 is 0 Å². The third-order valence-corrected chi connectivity index (χ3v) is 6.70. The number of hydrogen-bond donors (Lipinski definition) is 1. The van der Waals surface area contributed by atoms with Gasteiger partial charge in [0.2, 0.25) is 0 Å². The maximum absolute atomic E-state index is 13.2. The van der Waals surface area contributed by atoms with Gasteiger partial charge >= 0.3 is 5.97 Å². The number of anilines is 2. The van der Waals surface area contributed by atoms with E-state index in [2.05, 4.69) is 10.2 Å². The molecule has 1 fully saturated rings. The molecule has 2 aliphatic rings. The molecule has 2 heterocycles. The fraction of sp³-hybridized carbons (Fsp3) is 0.407. The van der Waals surface area contributed by atoms with E-state index in [4.69, 9.17) is 9.47 Å². The Labute approximate surface area is 210 Å². The van der Waals surface area contributed by atoms with Gasteiger partial charge in [-0.3, -0.25) is 19.3 Å². The van der Waals surface area contributed by atoms with E-state index in [1.54, 1.807) is 43.3 Å². The van der Waals surface area contributed by atoms with E-state index in [9.17, 15) is 19.2 Å². The minimum Gasteiger partial charge on any atom is -0.451 e. The van der Waals surface area contributed by atoms with Gasteiger partial charge in [-0.05, 0) is 49.2 Å². The highest BCUT2D eigenvalue weighted by atomic mass is 16.5. The smallest absolute Gasteiger partial charge is 0.330 e. The van der Waals surface area contributed by atoms with Crippen molar-refractivity contribution in [3.05, 3.63) is 59.7 Å². The summed E-state index contributed by atoms with van der Waals surface area (Å²) in [5.41, 5.74) is 2.12. The standard InChI is InChI=1S/C27H31N3O6/c1-4-17(2)23(30-25(32)21-7-5-6-8-22(21)26(30)33)27(34)36-18(3)24(31)28-19-9-11-20(12-10-19)29-13-15-35-16-14-29/h5-12,17-18,23H,4,13-16H2,1-3H3,(H,28,31). The number of ether oxygens (including phenoxy) is 2. The first-order chi connectivity index (χ1) is 17.3. The maximum atomic E-state index is 13.2. The Kier molecular flexibility index (Phi) is 7.69. The molecule has 9 nitrogen and oxygen atoms in total. The molecule has 0 aliphatic carbocycles. The lowest BCUT2D eigenvalue weighted by Crippen LogP contribution is -2.50. The van der Waals surface area contributed by atoms with E-state index in [0.717, 1.165) is 23.7 Å². The van der Waals surface area contributed by atoms with E-state index in [1.807, 2.05) is 19.1 Å². The van der Waals surface area contributed by atoms with E-state index in [-0.39, 0.29) is 17.0 Å². The average molecular weight is 494 g/mol. The average Bonchev–Trinajstić information content (AvgIpc) is 3.15. The molecule has 4 rings (SSSR count). The third kappa shape index (κ3) is 5.11. The van der Waals surface area contributed by atoms with Gasteiger partial charge in [0.1, 0.15) is 6.04 Å². The summed E-state index contributed by atoms with van der Waals surface area (Å²) in [5, 5.41) is 2.75. The Balaban J connectivity index is 1.41. The minimum atomic E-state index is -1.13. The number of carbonyl (C=O) groups is 4. The van der Waals surface area contributed by atoms with Crippen molar-refractivity contribution in [2.24, 2.45) is 5.92 Å². The van der Waals surface area contributed by atoms with Crippen LogP contribution in [0.2, 0.25) is 0 Å². The molecule has 190 valence electrons. The number of morpholine rings is 1. The van der Waals surface area contributed by atoms with Gasteiger partial charge in [0.25, 0.3) is 17.7 Å². The molecule has 3 unspecified atom stereocenters. The van der Waals surface area contributed by atoms with Gasteiger partial charge < -0.3 is 19.7 Å². The van der Waals surface area contributed by atoms with Crippen molar-refractivity contribution in [1.82, 2.24) is 4.90 Å². The summed E-state index contributed by atoms with van der Waals surface area (Å²) in [6.07, 6.45) is -0.596. The van der Waals surface area contributed by atoms with Crippen molar-refractivity contribution in [3.63, 3.8) is 0 Å². The zero-order valence-corrected chi connectivity index (χ0v) is 20.7. The highest BCUT2D eigenvalue weighted by molar-refractivity contribution is 6.22. The first kappa shape index (κ1) is 25.4. The van der Waals surface area contributed by atoms with Crippen LogP contribution in [0.15, 0.2) is 48.5 Å². The Morgan fingerprint density at radius 3 is 2.11 bits per heavy atom. The monoisotopic (exact) mass is 493 g/mol. The van der Waals surface area contributed by atoms with E-state index in [0.29, 0.717) is 25.3 Å². The van der Waals surface area contributed by atoms with E-state index in [1.165, 1.54) is 6.92 Å². The molecule has 36 heavy (non-hydrogen) atoms. The van der Waals surface area contributed by atoms with Crippen molar-refractivity contribution < 1.29 is 28.7 Å². The lowest BCUT2D eigenvalue weighted by Gasteiger charge is -2.30. The molecular weight excluding hydrogens is 462 g/mol. The Morgan fingerprint density at radius 2 is 1.56 bits per heavy atom. The summed E-state index contributed by atoms with van der Waals surface area (Å²) in [7, 11) is 0. The fourth-order valence-corrected chi connectivity index (χ4v) is 4.39. The molecule has 1 saturated heterocycles. The molecule has 0 spiro atoms. The number of benzene rings is 2. The molecule has 0 bridgehead atoms. The van der Waals surface area contributed by atoms with Crippen molar-refractivity contribution in [1.29, 1.82) is 0 Å². The Hall–Kier alpha value is -3.72. The van der Waals surface area contributed by atoms with Crippen molar-refractivity contribution in [3.8, 4) is 0 Å². The van der Waals surface area contributed by atoms with Crippen LogP contribution in [0.25, 0.3) is 0 Å². The second-order valence-corrected chi connectivity index (χ2v) is 9.07. The second-order valence-electron chi connectivity index (χ2n) is 9.07. The number of amides is 3. The first-order valence-corrected chi connectivity index (χ1v) is 12.2. The number of esters is 1. The van der Waals surface area contributed by atoms with Crippen LogP contribution in [-0.4, -0.2) is 67.0 Å². The summed E-state index contributed by atoms with van der Waals surface area (Å²) in [6.45, 7) is 8.08. The molecule has 3 amide bonds. The summed E-state index contributed by atoms with van der Waals surface area (Å²) in [6, 6.07) is 12.7. The van der Waals surface area contributed by atoms with Gasteiger partial charge in [0.15, 0.2) is 6.10 Å². The molecule has 3 atom stereocenters. The topological polar surface area (TPSA) is 105 Å². The van der Waals surface area contributed by atoms with Crippen LogP contribution in [0.5, 0.6) is 0 Å². The van der Waals surface area contributed by atoms with Gasteiger partial charge in [0, 0.05) is 24.5 Å². The van der Waals surface area contributed by atoms with Crippen molar-refractivity contribution >= 4 is 35.1 Å². The molecule has 9 heteroatoms. The number of fused-ring (bicyclic) bond motifs is 1. The van der Waals surface area contributed by atoms with Gasteiger partial charge in [-0.15, -0.1) is 0 Å². The third-order valence-electron chi connectivity index (χ3n) is 6.70. The zero-order valence-electron chi connectivity index (χ0n) is 20.7. The highest BCUT2D eigenvalue weighted by Crippen LogP contribution is 2.29. The summed E-state index contributed by atoms with van der Waals surface area (Å²) in [5.74, 6) is -2.72. The number of carbonyl (C=O) groups excluding carboxylic acids is 4. The molecular formula is C27H31N3O6. The fourth-order valence-electron chi connectivity index (χ4n) is 4.39. The van der Waals surface area contributed by atoms with Crippen LogP contribution < -0.4 is 10.2 Å². The van der Waals surface area contributed by atoms with Gasteiger partial charge in [-0.2, -0.15) is 0 Å². The maximum Gasteiger partial charge on any atom is 0.330 e. The van der Waals surface area contributed by atoms with Crippen LogP contribution in [0.4, 0.5) is 11.4 Å². The SMILES string of the molecule is CCC(C)C(C(=O)OC(C)C(=O)Nc1ccc(N2CCOCC2)cc1)N1C(=O)c2ccccc2C1=O. The highest BCUT2D eigenvalue weighted by Gasteiger charge is 2.45. The van der Waals surface area contributed by atoms with E-state index >= 15 is 0 Å². The van der Waals surface area contributed by atoms with Crippen LogP contribution in [-0.2, 0) is 19.1 Å². The van der Waals surface area contributed by atoms with Crippen LogP contribution in [0.3, 0.4) is 0 Å². The quantitative estimate of drug-likeness (QED) is 0.445. The van der Waals surface area contributed by atoms with Crippen molar-refractivity contribution in [2.75, 3.05) is 36.5 Å². The predicted molar refractivity (Wildman–Crippen MR) is 134 cm³/mol. The zero-order chi connectivity index (χ0) is 25.8. The van der Waals surface area contributed by atoms with Gasteiger partial charge in [-0.25, -0.2) is 4.79 Å². The van der Waals surface area contributed by atoms with Gasteiger partial charge in [0.05, 0.1) is 24.3 Å². The van der Waals surface area contributed by atoms with Crippen molar-refractivity contribution in [2.45, 2.75) is 39.3 Å². The number of nitrogens with zero attached hydrogens (tertiary/aromatic N) is 2. The molecule has 0 radical (unpaired) electrons. The predicted octanol–water partition coefficient (Wildman–Crippen LogP) is 3.10. The first-order valence-electron chi connectivity index (χ1n) is 12.2. The summed E-state index contributed by atoms with van der Waals surface area (Å²) >= 11 is 0. The normalized spacial score (nSPS) is 17.9. The largest absolute Gasteiger partial charge is 0.451 e. The lowest BCUT2D eigenvalue weighted by atomic mass is 9.97. The van der Waals surface area contributed by atoms with Crippen LogP contribution in [0.1, 0.15) is 47.9 Å². The molecule has 1 N–H and O–H groups in total. The summed E-state index contributed by atoms with van der Waals surface area (Å²) in [4.78, 5) is 55.1. The summed E-state index contributed by atoms with van der Waals surface area (Å²) < 4.78 is 10.9. The number of imide groups is 1. The molecule has 2 aromatic rings. The number of rotatable bonds is 8. The number of nitrogens with one attached hydrogen (secondary N) is 1.